The van der Waals surface area contributed by atoms with Crippen molar-refractivity contribution in [1.29, 1.82) is 5.26 Å². The fourth-order valence-electron chi connectivity index (χ4n) is 1.28. The highest BCUT2D eigenvalue weighted by atomic mass is 32.1. The van der Waals surface area contributed by atoms with Gasteiger partial charge in [0.25, 0.3) is 0 Å². The molecule has 0 aromatic carbocycles. The van der Waals surface area contributed by atoms with E-state index in [4.69, 9.17) is 10.00 Å². The molecule has 0 bridgehead atoms. The molecule has 0 aliphatic carbocycles. The van der Waals surface area contributed by atoms with Gasteiger partial charge in [0.15, 0.2) is 0 Å². The molecule has 0 saturated carbocycles. The second-order valence-corrected chi connectivity index (χ2v) is 4.71. The third-order valence-corrected chi connectivity index (χ3v) is 3.07. The van der Waals surface area contributed by atoms with Crippen molar-refractivity contribution in [1.82, 2.24) is 9.36 Å². The number of nitriles is 1. The highest BCUT2D eigenvalue weighted by Crippen LogP contribution is 2.21. The molecular weight excluding hydrogens is 236 g/mol. The number of nitrogens with zero attached hydrogens (tertiary/aromatic N) is 4. The van der Waals surface area contributed by atoms with E-state index >= 15 is 0 Å². The molecule has 0 amide bonds. The van der Waals surface area contributed by atoms with E-state index in [1.807, 2.05) is 0 Å². The second kappa shape index (κ2) is 7.20. The number of hydrogen-bond donors (Lipinski definition) is 0. The Bertz CT molecular complexity index is 372. The van der Waals surface area contributed by atoms with Gasteiger partial charge in [0.05, 0.1) is 19.1 Å². The number of hydrogen-bond acceptors (Lipinski definition) is 6. The molecule has 0 saturated heterocycles. The molecule has 17 heavy (non-hydrogen) atoms. The molecule has 0 aliphatic heterocycles. The molecule has 0 spiro atoms. The zero-order valence-electron chi connectivity index (χ0n) is 10.5. The minimum Gasteiger partial charge on any atom is -0.383 e. The summed E-state index contributed by atoms with van der Waals surface area (Å²) in [5, 5.41) is 9.52. The number of rotatable bonds is 7. The van der Waals surface area contributed by atoms with Gasteiger partial charge in [0.2, 0.25) is 5.13 Å². The van der Waals surface area contributed by atoms with E-state index in [0.717, 1.165) is 17.5 Å². The SMILES string of the molecule is COCCN(CCC#N)c1nc(C(C)C)ns1. The average Bonchev–Trinajstić information content (AvgIpc) is 2.79. The van der Waals surface area contributed by atoms with Crippen LogP contribution in [0, 0.1) is 11.3 Å². The predicted octanol–water partition coefficient (Wildman–Crippen LogP) is 2.03. The lowest BCUT2D eigenvalue weighted by Crippen LogP contribution is -2.28. The van der Waals surface area contributed by atoms with E-state index in [0.29, 0.717) is 25.5 Å². The summed E-state index contributed by atoms with van der Waals surface area (Å²) < 4.78 is 9.38. The number of methoxy groups -OCH3 is 1. The van der Waals surface area contributed by atoms with E-state index in [2.05, 4.69) is 34.2 Å². The molecule has 6 heteroatoms. The monoisotopic (exact) mass is 254 g/mol. The first-order valence-corrected chi connectivity index (χ1v) is 6.40. The first-order chi connectivity index (χ1) is 8.19. The van der Waals surface area contributed by atoms with Crippen LogP contribution in [0.5, 0.6) is 0 Å². The van der Waals surface area contributed by atoms with Crippen LogP contribution in [-0.4, -0.2) is 36.2 Å². The van der Waals surface area contributed by atoms with E-state index in [1.54, 1.807) is 7.11 Å². The van der Waals surface area contributed by atoms with Crippen LogP contribution < -0.4 is 4.90 Å². The van der Waals surface area contributed by atoms with Crippen molar-refractivity contribution in [3.8, 4) is 6.07 Å². The maximum atomic E-state index is 8.64. The topological polar surface area (TPSA) is 62.0 Å². The molecule has 0 atom stereocenters. The molecule has 1 rings (SSSR count). The van der Waals surface area contributed by atoms with Gasteiger partial charge < -0.3 is 9.64 Å². The summed E-state index contributed by atoms with van der Waals surface area (Å²) in [5.41, 5.74) is 0. The molecule has 0 radical (unpaired) electrons. The summed E-state index contributed by atoms with van der Waals surface area (Å²) in [5.74, 6) is 1.20. The van der Waals surface area contributed by atoms with Crippen LogP contribution in [-0.2, 0) is 4.74 Å². The van der Waals surface area contributed by atoms with E-state index in [1.165, 1.54) is 11.5 Å². The molecule has 5 nitrogen and oxygen atoms in total. The summed E-state index contributed by atoms with van der Waals surface area (Å²) in [7, 11) is 1.67. The van der Waals surface area contributed by atoms with Crippen molar-refractivity contribution >= 4 is 16.7 Å². The van der Waals surface area contributed by atoms with Gasteiger partial charge in [0, 0.05) is 37.6 Å². The highest BCUT2D eigenvalue weighted by molar-refractivity contribution is 7.09. The van der Waals surface area contributed by atoms with Crippen LogP contribution in [0.2, 0.25) is 0 Å². The molecule has 1 heterocycles. The van der Waals surface area contributed by atoms with Crippen molar-refractivity contribution in [2.24, 2.45) is 0 Å². The molecule has 0 unspecified atom stereocenters. The van der Waals surface area contributed by atoms with E-state index in [-0.39, 0.29) is 0 Å². The van der Waals surface area contributed by atoms with Gasteiger partial charge in [-0.1, -0.05) is 13.8 Å². The molecule has 94 valence electrons. The maximum Gasteiger partial charge on any atom is 0.205 e. The smallest absolute Gasteiger partial charge is 0.205 e. The molecule has 0 aliphatic rings. The standard InChI is InChI=1S/C11H18N4OS/c1-9(2)10-13-11(17-14-10)15(6-4-5-12)7-8-16-3/h9H,4,6-8H2,1-3H3. The first kappa shape index (κ1) is 13.9. The van der Waals surface area contributed by atoms with Crippen molar-refractivity contribution in [3.05, 3.63) is 5.82 Å². The van der Waals surface area contributed by atoms with Crippen molar-refractivity contribution in [3.63, 3.8) is 0 Å². The van der Waals surface area contributed by atoms with Gasteiger partial charge in [0.1, 0.15) is 5.82 Å². The fraction of sp³-hybridized carbons (Fsp3) is 0.727. The Morgan fingerprint density at radius 1 is 1.47 bits per heavy atom. The summed E-state index contributed by atoms with van der Waals surface area (Å²) in [6, 6.07) is 2.15. The number of aromatic nitrogens is 2. The Balaban J connectivity index is 2.69. The quantitative estimate of drug-likeness (QED) is 0.745. The normalized spacial score (nSPS) is 10.5. The zero-order chi connectivity index (χ0) is 12.7. The molecule has 1 aromatic heterocycles. The summed E-state index contributed by atoms with van der Waals surface area (Å²) >= 11 is 1.39. The lowest BCUT2D eigenvalue weighted by Gasteiger charge is -2.19. The van der Waals surface area contributed by atoms with Gasteiger partial charge in [-0.15, -0.1) is 0 Å². The van der Waals surface area contributed by atoms with Gasteiger partial charge >= 0.3 is 0 Å². The van der Waals surface area contributed by atoms with Crippen LogP contribution in [0.15, 0.2) is 0 Å². The minimum absolute atomic E-state index is 0.334. The molecule has 0 fully saturated rings. The third kappa shape index (κ3) is 4.29. The van der Waals surface area contributed by atoms with Crippen LogP contribution in [0.25, 0.3) is 0 Å². The highest BCUT2D eigenvalue weighted by Gasteiger charge is 2.13. The molecule has 1 aromatic rings. The van der Waals surface area contributed by atoms with E-state index in [9.17, 15) is 0 Å². The fourth-order valence-corrected chi connectivity index (χ4v) is 2.14. The Hall–Kier alpha value is -1.19. The molecule has 0 N–H and O–H groups in total. The van der Waals surface area contributed by atoms with Crippen molar-refractivity contribution in [2.45, 2.75) is 26.2 Å². The lowest BCUT2D eigenvalue weighted by atomic mass is 10.2. The van der Waals surface area contributed by atoms with Gasteiger partial charge in [-0.25, -0.2) is 4.98 Å². The summed E-state index contributed by atoms with van der Waals surface area (Å²) in [6.45, 7) is 6.18. The third-order valence-electron chi connectivity index (χ3n) is 2.28. The Morgan fingerprint density at radius 2 is 2.24 bits per heavy atom. The average molecular weight is 254 g/mol. The van der Waals surface area contributed by atoms with Crippen molar-refractivity contribution in [2.75, 3.05) is 31.7 Å². The Morgan fingerprint density at radius 3 is 2.76 bits per heavy atom. The Labute approximate surface area is 106 Å². The number of anilines is 1. The van der Waals surface area contributed by atoms with Crippen LogP contribution in [0.1, 0.15) is 32.0 Å². The first-order valence-electron chi connectivity index (χ1n) is 5.63. The van der Waals surface area contributed by atoms with Crippen LogP contribution in [0.3, 0.4) is 0 Å². The van der Waals surface area contributed by atoms with Gasteiger partial charge in [-0.2, -0.15) is 9.64 Å². The van der Waals surface area contributed by atoms with E-state index < -0.39 is 0 Å². The van der Waals surface area contributed by atoms with Crippen molar-refractivity contribution < 1.29 is 4.74 Å². The minimum atomic E-state index is 0.334. The summed E-state index contributed by atoms with van der Waals surface area (Å²) in [4.78, 5) is 6.54. The predicted molar refractivity (Wildman–Crippen MR) is 68.3 cm³/mol. The zero-order valence-corrected chi connectivity index (χ0v) is 11.3. The Kier molecular flexibility index (Phi) is 5.87. The van der Waals surface area contributed by atoms with Gasteiger partial charge in [-0.3, -0.25) is 0 Å². The lowest BCUT2D eigenvalue weighted by molar-refractivity contribution is 0.205. The van der Waals surface area contributed by atoms with Crippen LogP contribution >= 0.6 is 11.5 Å². The van der Waals surface area contributed by atoms with Gasteiger partial charge in [-0.05, 0) is 0 Å². The second-order valence-electron chi connectivity index (χ2n) is 3.98. The largest absolute Gasteiger partial charge is 0.383 e. The summed E-state index contributed by atoms with van der Waals surface area (Å²) in [6.07, 6.45) is 0.486. The maximum absolute atomic E-state index is 8.64. The van der Waals surface area contributed by atoms with Crippen LogP contribution in [0.4, 0.5) is 5.13 Å². The number of ether oxygens (including phenoxy) is 1. The molecular formula is C11H18N4OS.